The number of aromatic nitrogens is 4. The molecule has 1 aromatic heterocycles. The molecular formula is C15H17ClN6O2. The number of allylic oxidation sites excluding steroid dienone is 2. The van der Waals surface area contributed by atoms with Crippen LogP contribution in [0, 0.1) is 0 Å². The maximum Gasteiger partial charge on any atom is 0.314 e. The van der Waals surface area contributed by atoms with Gasteiger partial charge in [0.1, 0.15) is 6.33 Å². The van der Waals surface area contributed by atoms with Crippen molar-refractivity contribution in [1.82, 2.24) is 25.5 Å². The second-order valence-corrected chi connectivity index (χ2v) is 5.25. The van der Waals surface area contributed by atoms with Crippen LogP contribution in [0.25, 0.3) is 5.69 Å². The Kier molecular flexibility index (Phi) is 6.02. The highest BCUT2D eigenvalue weighted by Crippen LogP contribution is 2.23. The van der Waals surface area contributed by atoms with Gasteiger partial charge in [0, 0.05) is 10.7 Å². The lowest BCUT2D eigenvalue weighted by Gasteiger charge is -2.11. The van der Waals surface area contributed by atoms with Crippen LogP contribution in [0.1, 0.15) is 26.7 Å². The minimum Gasteiger partial charge on any atom is -0.322 e. The van der Waals surface area contributed by atoms with E-state index in [0.717, 1.165) is 6.42 Å². The van der Waals surface area contributed by atoms with Gasteiger partial charge in [-0.3, -0.25) is 9.59 Å². The Labute approximate surface area is 143 Å². The standard InChI is InChI=1S/C15H17ClN6O2/c1-3-5-11(4-2)18-14(23)15(24)19-12-8-10(16)6-7-13(12)22-9-17-20-21-22/h5-9H,3-4H2,1-2H3,(H,18,23)(H,19,24)/b11-5-. The predicted molar refractivity (Wildman–Crippen MR) is 89.6 cm³/mol. The number of anilines is 1. The molecule has 0 unspecified atom stereocenters. The molecular weight excluding hydrogens is 332 g/mol. The number of hydrogen-bond acceptors (Lipinski definition) is 5. The zero-order valence-corrected chi connectivity index (χ0v) is 14.0. The average Bonchev–Trinajstić information content (AvgIpc) is 3.08. The second-order valence-electron chi connectivity index (χ2n) is 4.82. The number of hydrogen-bond donors (Lipinski definition) is 2. The molecule has 0 spiro atoms. The van der Waals surface area contributed by atoms with Crippen molar-refractivity contribution in [3.63, 3.8) is 0 Å². The van der Waals surface area contributed by atoms with Crippen LogP contribution in [0.2, 0.25) is 5.02 Å². The summed E-state index contributed by atoms with van der Waals surface area (Å²) in [5.74, 6) is -1.55. The van der Waals surface area contributed by atoms with Crippen molar-refractivity contribution in [2.75, 3.05) is 5.32 Å². The van der Waals surface area contributed by atoms with E-state index in [1.54, 1.807) is 12.1 Å². The Morgan fingerprint density at radius 3 is 2.71 bits per heavy atom. The lowest BCUT2D eigenvalue weighted by molar-refractivity contribution is -0.135. The van der Waals surface area contributed by atoms with Gasteiger partial charge >= 0.3 is 11.8 Å². The number of carbonyl (C=O) groups is 2. The van der Waals surface area contributed by atoms with Crippen molar-refractivity contribution in [3.8, 4) is 5.69 Å². The van der Waals surface area contributed by atoms with Crippen LogP contribution in [0.4, 0.5) is 5.69 Å². The van der Waals surface area contributed by atoms with Crippen LogP contribution in [0.15, 0.2) is 36.3 Å². The molecule has 0 saturated carbocycles. The molecule has 8 nitrogen and oxygen atoms in total. The molecule has 0 saturated heterocycles. The van der Waals surface area contributed by atoms with Crippen LogP contribution in [-0.4, -0.2) is 32.0 Å². The number of halogens is 1. The number of nitrogens with one attached hydrogen (secondary N) is 2. The highest BCUT2D eigenvalue weighted by atomic mass is 35.5. The molecule has 0 radical (unpaired) electrons. The van der Waals surface area contributed by atoms with E-state index in [1.165, 1.54) is 17.1 Å². The maximum atomic E-state index is 12.1. The van der Waals surface area contributed by atoms with E-state index in [0.29, 0.717) is 28.5 Å². The van der Waals surface area contributed by atoms with E-state index in [9.17, 15) is 9.59 Å². The molecule has 0 bridgehead atoms. The Balaban J connectivity index is 2.18. The fourth-order valence-corrected chi connectivity index (χ4v) is 2.16. The van der Waals surface area contributed by atoms with Crippen LogP contribution < -0.4 is 10.6 Å². The molecule has 24 heavy (non-hydrogen) atoms. The monoisotopic (exact) mass is 348 g/mol. The third-order valence-corrected chi connectivity index (χ3v) is 3.35. The Hall–Kier alpha value is -2.74. The van der Waals surface area contributed by atoms with Crippen molar-refractivity contribution >= 4 is 29.1 Å². The normalized spacial score (nSPS) is 11.2. The largest absolute Gasteiger partial charge is 0.322 e. The van der Waals surface area contributed by atoms with E-state index < -0.39 is 11.8 Å². The number of nitrogens with zero attached hydrogens (tertiary/aromatic N) is 4. The highest BCUT2D eigenvalue weighted by molar-refractivity contribution is 6.40. The summed E-state index contributed by atoms with van der Waals surface area (Å²) >= 11 is 5.97. The van der Waals surface area contributed by atoms with E-state index >= 15 is 0 Å². The van der Waals surface area contributed by atoms with Crippen molar-refractivity contribution < 1.29 is 9.59 Å². The summed E-state index contributed by atoms with van der Waals surface area (Å²) in [6.45, 7) is 3.85. The quantitative estimate of drug-likeness (QED) is 0.805. The summed E-state index contributed by atoms with van der Waals surface area (Å²) in [6.07, 6.45) is 4.62. The number of carbonyl (C=O) groups excluding carboxylic acids is 2. The minimum absolute atomic E-state index is 0.326. The van der Waals surface area contributed by atoms with Crippen LogP contribution in [0.3, 0.4) is 0 Å². The molecule has 2 N–H and O–H groups in total. The van der Waals surface area contributed by atoms with Crippen LogP contribution in [-0.2, 0) is 9.59 Å². The van der Waals surface area contributed by atoms with Crippen molar-refractivity contribution in [3.05, 3.63) is 41.3 Å². The van der Waals surface area contributed by atoms with Gasteiger partial charge in [-0.05, 0) is 41.5 Å². The molecule has 126 valence electrons. The fraction of sp³-hybridized carbons (Fsp3) is 0.267. The average molecular weight is 349 g/mol. The van der Waals surface area contributed by atoms with Gasteiger partial charge in [0.15, 0.2) is 0 Å². The van der Waals surface area contributed by atoms with Gasteiger partial charge in [0.25, 0.3) is 0 Å². The lowest BCUT2D eigenvalue weighted by Crippen LogP contribution is -2.35. The van der Waals surface area contributed by atoms with E-state index in [1.807, 2.05) is 19.9 Å². The maximum absolute atomic E-state index is 12.1. The summed E-state index contributed by atoms with van der Waals surface area (Å²) in [5.41, 5.74) is 1.52. The van der Waals surface area contributed by atoms with E-state index in [2.05, 4.69) is 26.2 Å². The molecule has 9 heteroatoms. The van der Waals surface area contributed by atoms with E-state index in [4.69, 9.17) is 11.6 Å². The summed E-state index contributed by atoms with van der Waals surface area (Å²) < 4.78 is 1.36. The van der Waals surface area contributed by atoms with Crippen molar-refractivity contribution in [2.45, 2.75) is 26.7 Å². The van der Waals surface area contributed by atoms with Gasteiger partial charge in [-0.15, -0.1) is 5.10 Å². The molecule has 0 aliphatic carbocycles. The molecule has 0 atom stereocenters. The lowest BCUT2D eigenvalue weighted by atomic mass is 10.2. The summed E-state index contributed by atoms with van der Waals surface area (Å²) in [7, 11) is 0. The number of tetrazole rings is 1. The summed E-state index contributed by atoms with van der Waals surface area (Å²) in [4.78, 5) is 24.2. The first kappa shape index (κ1) is 17.6. The molecule has 0 aliphatic rings. The number of benzene rings is 1. The Bertz CT molecular complexity index is 757. The topological polar surface area (TPSA) is 102 Å². The van der Waals surface area contributed by atoms with Gasteiger partial charge in [0.05, 0.1) is 11.4 Å². The molecule has 0 fully saturated rings. The van der Waals surface area contributed by atoms with Gasteiger partial charge in [-0.2, -0.15) is 4.68 Å². The predicted octanol–water partition coefficient (Wildman–Crippen LogP) is 2.07. The summed E-state index contributed by atoms with van der Waals surface area (Å²) in [5, 5.41) is 16.4. The van der Waals surface area contributed by atoms with E-state index in [-0.39, 0.29) is 0 Å². The molecule has 1 heterocycles. The third-order valence-electron chi connectivity index (χ3n) is 3.11. The first-order valence-corrected chi connectivity index (χ1v) is 7.77. The molecule has 2 aromatic rings. The Morgan fingerprint density at radius 1 is 1.29 bits per heavy atom. The van der Waals surface area contributed by atoms with Crippen molar-refractivity contribution in [1.29, 1.82) is 0 Å². The number of rotatable bonds is 5. The number of amides is 2. The first-order valence-electron chi connectivity index (χ1n) is 7.39. The minimum atomic E-state index is -0.804. The molecule has 0 aliphatic heterocycles. The van der Waals surface area contributed by atoms with Gasteiger partial charge in [0.2, 0.25) is 0 Å². The fourth-order valence-electron chi connectivity index (χ4n) is 1.99. The molecule has 2 rings (SSSR count). The van der Waals surface area contributed by atoms with Gasteiger partial charge in [-0.1, -0.05) is 31.5 Å². The van der Waals surface area contributed by atoms with Crippen molar-refractivity contribution in [2.24, 2.45) is 0 Å². The molecule has 1 aromatic carbocycles. The third kappa shape index (κ3) is 4.39. The van der Waals surface area contributed by atoms with Gasteiger partial charge in [-0.25, -0.2) is 0 Å². The van der Waals surface area contributed by atoms with Crippen LogP contribution in [0.5, 0.6) is 0 Å². The first-order chi connectivity index (χ1) is 11.5. The summed E-state index contributed by atoms with van der Waals surface area (Å²) in [6, 6.07) is 4.79. The Morgan fingerprint density at radius 2 is 2.08 bits per heavy atom. The smallest absolute Gasteiger partial charge is 0.314 e. The van der Waals surface area contributed by atoms with Crippen LogP contribution >= 0.6 is 11.6 Å². The zero-order valence-electron chi connectivity index (χ0n) is 13.3. The SMILES string of the molecule is CC/C=C(/CC)NC(=O)C(=O)Nc1cc(Cl)ccc1-n1cnnn1. The zero-order chi connectivity index (χ0) is 17.5. The second kappa shape index (κ2) is 8.21. The molecule has 2 amide bonds. The highest BCUT2D eigenvalue weighted by Gasteiger charge is 2.17. The van der Waals surface area contributed by atoms with Gasteiger partial charge < -0.3 is 10.6 Å².